The smallest absolute Gasteiger partial charge is 0.260 e. The lowest BCUT2D eigenvalue weighted by Crippen LogP contribution is -2.37. The van der Waals surface area contributed by atoms with Gasteiger partial charge < -0.3 is 14.4 Å². The minimum atomic E-state index is -0.105. The number of para-hydroxylation sites is 1. The van der Waals surface area contributed by atoms with Gasteiger partial charge in [-0.2, -0.15) is 0 Å². The molecule has 5 aromatic rings. The van der Waals surface area contributed by atoms with Gasteiger partial charge in [0.25, 0.3) is 5.91 Å². The molecule has 6 rings (SSSR count). The lowest BCUT2D eigenvalue weighted by atomic mass is 10.0. The van der Waals surface area contributed by atoms with Crippen molar-refractivity contribution >= 4 is 43.5 Å². The van der Waals surface area contributed by atoms with Gasteiger partial charge in [0.05, 0.1) is 27.0 Å². The zero-order valence-electron chi connectivity index (χ0n) is 20.0. The van der Waals surface area contributed by atoms with Gasteiger partial charge in [0.15, 0.2) is 16.6 Å². The van der Waals surface area contributed by atoms with Crippen LogP contribution in [0.2, 0.25) is 0 Å². The molecule has 0 bridgehead atoms. The molecule has 0 radical (unpaired) electrons. The molecule has 0 unspecified atom stereocenters. The van der Waals surface area contributed by atoms with E-state index in [0.717, 1.165) is 32.4 Å². The number of carbonyl (C=O) groups is 1. The van der Waals surface area contributed by atoms with Crippen LogP contribution in [-0.4, -0.2) is 54.8 Å². The fourth-order valence-corrected chi connectivity index (χ4v) is 5.26. The molecule has 1 aliphatic heterocycles. The normalized spacial score (nSPS) is 12.5. The molecular weight excluding hydrogens is 472 g/mol. The van der Waals surface area contributed by atoms with Crippen LogP contribution in [0.15, 0.2) is 72.8 Å². The summed E-state index contributed by atoms with van der Waals surface area (Å²) in [6.07, 6.45) is 0. The number of rotatable bonds is 6. The number of pyridine rings is 1. The summed E-state index contributed by atoms with van der Waals surface area (Å²) in [5, 5.41) is 1.46. The summed E-state index contributed by atoms with van der Waals surface area (Å²) < 4.78 is 12.0. The standard InChI is InChI=1S/C28H24N4O3S/c1-31(2)12-13-32(28-30-23-15-24-25(35-17-34-24)16-26(23)36-28)27(33)20-14-22(18-8-4-3-5-9-18)29-21-11-7-6-10-19(20)21/h3-11,14-16H,12-13,17H2,1-2H3. The van der Waals surface area contributed by atoms with E-state index >= 15 is 0 Å². The minimum absolute atomic E-state index is 0.105. The van der Waals surface area contributed by atoms with Crippen molar-refractivity contribution in [1.29, 1.82) is 0 Å². The quantitative estimate of drug-likeness (QED) is 0.312. The maximum Gasteiger partial charge on any atom is 0.260 e. The molecule has 0 spiro atoms. The first-order valence-electron chi connectivity index (χ1n) is 11.7. The molecular formula is C28H24N4O3S. The van der Waals surface area contributed by atoms with E-state index in [1.165, 1.54) is 11.3 Å². The van der Waals surface area contributed by atoms with Crippen LogP contribution in [0, 0.1) is 0 Å². The number of nitrogens with zero attached hydrogens (tertiary/aromatic N) is 4. The van der Waals surface area contributed by atoms with Crippen LogP contribution in [-0.2, 0) is 0 Å². The predicted molar refractivity (Wildman–Crippen MR) is 143 cm³/mol. The Hall–Kier alpha value is -4.01. The van der Waals surface area contributed by atoms with Gasteiger partial charge in [-0.3, -0.25) is 9.69 Å². The van der Waals surface area contributed by atoms with E-state index in [1.807, 2.05) is 86.9 Å². The molecule has 0 saturated carbocycles. The van der Waals surface area contributed by atoms with E-state index in [0.29, 0.717) is 35.3 Å². The number of benzene rings is 3. The third-order valence-corrected chi connectivity index (χ3v) is 7.18. The summed E-state index contributed by atoms with van der Waals surface area (Å²) in [5.41, 5.74) is 3.90. The summed E-state index contributed by atoms with van der Waals surface area (Å²) in [7, 11) is 3.99. The Morgan fingerprint density at radius 2 is 1.64 bits per heavy atom. The molecule has 7 nitrogen and oxygen atoms in total. The maximum absolute atomic E-state index is 14.2. The van der Waals surface area contributed by atoms with E-state index < -0.39 is 0 Å². The van der Waals surface area contributed by atoms with Crippen LogP contribution in [0.5, 0.6) is 11.5 Å². The van der Waals surface area contributed by atoms with Crippen LogP contribution in [0.4, 0.5) is 5.13 Å². The van der Waals surface area contributed by atoms with E-state index in [-0.39, 0.29) is 12.7 Å². The average Bonchev–Trinajstić information content (AvgIpc) is 3.52. The third kappa shape index (κ3) is 4.14. The van der Waals surface area contributed by atoms with Crippen LogP contribution in [0.1, 0.15) is 10.4 Å². The van der Waals surface area contributed by atoms with Crippen LogP contribution < -0.4 is 14.4 Å². The molecule has 8 heteroatoms. The topological polar surface area (TPSA) is 67.8 Å². The number of ether oxygens (including phenoxy) is 2. The summed E-state index contributed by atoms with van der Waals surface area (Å²) in [6.45, 7) is 1.40. The Morgan fingerprint density at radius 3 is 2.44 bits per heavy atom. The number of fused-ring (bicyclic) bond motifs is 3. The zero-order chi connectivity index (χ0) is 24.6. The Labute approximate surface area is 212 Å². The summed E-state index contributed by atoms with van der Waals surface area (Å²) in [6, 6.07) is 23.4. The van der Waals surface area contributed by atoms with Gasteiger partial charge in [-0.1, -0.05) is 59.9 Å². The van der Waals surface area contributed by atoms with Gasteiger partial charge in [0.1, 0.15) is 0 Å². The highest BCUT2D eigenvalue weighted by molar-refractivity contribution is 7.22. The first kappa shape index (κ1) is 22.5. The van der Waals surface area contributed by atoms with Gasteiger partial charge in [0.2, 0.25) is 6.79 Å². The number of thiazole rings is 1. The largest absolute Gasteiger partial charge is 0.454 e. The van der Waals surface area contributed by atoms with Crippen LogP contribution >= 0.6 is 11.3 Å². The molecule has 0 atom stereocenters. The summed E-state index contributed by atoms with van der Waals surface area (Å²) in [5.74, 6) is 1.28. The first-order chi connectivity index (χ1) is 17.6. The number of carbonyl (C=O) groups excluding carboxylic acids is 1. The first-order valence-corrected chi connectivity index (χ1v) is 12.5. The Kier molecular flexibility index (Phi) is 5.75. The van der Waals surface area contributed by atoms with Crippen molar-refractivity contribution in [3.63, 3.8) is 0 Å². The van der Waals surface area contributed by atoms with E-state index in [1.54, 1.807) is 4.90 Å². The van der Waals surface area contributed by atoms with Crippen molar-refractivity contribution < 1.29 is 14.3 Å². The van der Waals surface area contributed by atoms with Gasteiger partial charge in [-0.15, -0.1) is 0 Å². The number of aromatic nitrogens is 2. The van der Waals surface area contributed by atoms with Crippen molar-refractivity contribution in [2.45, 2.75) is 0 Å². The fraction of sp³-hybridized carbons (Fsp3) is 0.179. The maximum atomic E-state index is 14.2. The summed E-state index contributed by atoms with van der Waals surface area (Å²) >= 11 is 1.48. The molecule has 1 aliphatic rings. The molecule has 0 aliphatic carbocycles. The second-order valence-electron chi connectivity index (χ2n) is 8.87. The lowest BCUT2D eigenvalue weighted by Gasteiger charge is -2.23. The average molecular weight is 497 g/mol. The van der Waals surface area contributed by atoms with Crippen molar-refractivity contribution in [3.8, 4) is 22.8 Å². The molecule has 2 aromatic heterocycles. The molecule has 0 saturated heterocycles. The minimum Gasteiger partial charge on any atom is -0.454 e. The summed E-state index contributed by atoms with van der Waals surface area (Å²) in [4.78, 5) is 27.7. The van der Waals surface area contributed by atoms with E-state index in [4.69, 9.17) is 19.4 Å². The molecule has 0 fully saturated rings. The molecule has 3 heterocycles. The second-order valence-corrected chi connectivity index (χ2v) is 9.88. The highest BCUT2D eigenvalue weighted by atomic mass is 32.1. The Morgan fingerprint density at radius 1 is 0.889 bits per heavy atom. The van der Waals surface area contributed by atoms with Gasteiger partial charge in [-0.25, -0.2) is 9.97 Å². The Bertz CT molecular complexity index is 1540. The van der Waals surface area contributed by atoms with E-state index in [2.05, 4.69) is 4.90 Å². The van der Waals surface area contributed by atoms with E-state index in [9.17, 15) is 4.79 Å². The zero-order valence-corrected chi connectivity index (χ0v) is 20.8. The monoisotopic (exact) mass is 496 g/mol. The third-order valence-electron chi connectivity index (χ3n) is 6.13. The highest BCUT2D eigenvalue weighted by Gasteiger charge is 2.25. The molecule has 180 valence electrons. The number of hydrogen-bond acceptors (Lipinski definition) is 7. The molecule has 36 heavy (non-hydrogen) atoms. The second kappa shape index (κ2) is 9.22. The SMILES string of the molecule is CN(C)CCN(C(=O)c1cc(-c2ccccc2)nc2ccccc12)c1nc2cc3c(cc2s1)OCO3. The van der Waals surface area contributed by atoms with Crippen molar-refractivity contribution in [2.75, 3.05) is 38.9 Å². The fourth-order valence-electron chi connectivity index (χ4n) is 4.26. The van der Waals surface area contributed by atoms with Crippen LogP contribution in [0.3, 0.4) is 0 Å². The van der Waals surface area contributed by atoms with Gasteiger partial charge in [-0.05, 0) is 26.2 Å². The van der Waals surface area contributed by atoms with Gasteiger partial charge in [0, 0.05) is 36.2 Å². The Balaban J connectivity index is 1.47. The number of hydrogen-bond donors (Lipinski definition) is 0. The molecule has 0 N–H and O–H groups in total. The highest BCUT2D eigenvalue weighted by Crippen LogP contribution is 2.40. The van der Waals surface area contributed by atoms with Crippen molar-refractivity contribution in [3.05, 3.63) is 78.4 Å². The van der Waals surface area contributed by atoms with Crippen molar-refractivity contribution in [1.82, 2.24) is 14.9 Å². The van der Waals surface area contributed by atoms with Crippen molar-refractivity contribution in [2.24, 2.45) is 0 Å². The number of amides is 1. The van der Waals surface area contributed by atoms with Crippen LogP contribution in [0.25, 0.3) is 32.4 Å². The number of likely N-dealkylation sites (N-methyl/N-ethyl adjacent to an activating group) is 1. The molecule has 1 amide bonds. The molecule has 3 aromatic carbocycles. The lowest BCUT2D eigenvalue weighted by molar-refractivity contribution is 0.0986. The predicted octanol–water partition coefficient (Wildman–Crippen LogP) is 5.45. The number of anilines is 1. The van der Waals surface area contributed by atoms with Gasteiger partial charge >= 0.3 is 0 Å².